The van der Waals surface area contributed by atoms with Crippen LogP contribution in [-0.4, -0.2) is 29.1 Å². The topological polar surface area (TPSA) is 83.5 Å². The zero-order chi connectivity index (χ0) is 14.0. The summed E-state index contributed by atoms with van der Waals surface area (Å²) in [7, 11) is 1.12. The minimum Gasteiger partial charge on any atom is -0.480 e. The van der Waals surface area contributed by atoms with Crippen molar-refractivity contribution in [3.63, 3.8) is 0 Å². The van der Waals surface area contributed by atoms with Crippen molar-refractivity contribution in [1.29, 1.82) is 0 Å². The lowest BCUT2D eigenvalue weighted by Gasteiger charge is -2.34. The molecule has 0 heterocycles. The molecule has 105 valence electrons. The van der Waals surface area contributed by atoms with Crippen LogP contribution in [0.3, 0.4) is 0 Å². The van der Waals surface area contributed by atoms with Crippen LogP contribution in [-0.2, 0) is 4.79 Å². The van der Waals surface area contributed by atoms with Crippen molar-refractivity contribution in [3.8, 4) is 0 Å². The van der Waals surface area contributed by atoms with Gasteiger partial charge < -0.3 is 15.9 Å². The highest BCUT2D eigenvalue weighted by Gasteiger charge is 2.40. The summed E-state index contributed by atoms with van der Waals surface area (Å²) in [6.45, 7) is 4.12. The molecule has 0 aromatic carbocycles. The summed E-state index contributed by atoms with van der Waals surface area (Å²) in [4.78, 5) is 11.5. The van der Waals surface area contributed by atoms with Crippen LogP contribution in [0.4, 0.5) is 0 Å². The second kappa shape index (κ2) is 9.39. The van der Waals surface area contributed by atoms with E-state index >= 15 is 0 Å². The summed E-state index contributed by atoms with van der Waals surface area (Å²) in [6, 6.07) is 0. The Hall–Kier alpha value is -0.545. The molecular weight excluding hydrogens is 229 g/mol. The fraction of sp³-hybridized carbons (Fsp3) is 0.923. The van der Waals surface area contributed by atoms with Crippen LogP contribution in [0.1, 0.15) is 58.8 Å². The average Bonchev–Trinajstić information content (AvgIpc) is 2.34. The standard InChI is InChI=1S/C13H27BNO3/c1-3-7-11(8-4-2)13(15,12(16)17)9-5-6-10-14-18/h11,18H,3-10,15H2,1-2H3,(H,16,17). The van der Waals surface area contributed by atoms with Crippen LogP contribution in [0.25, 0.3) is 0 Å². The Morgan fingerprint density at radius 1 is 1.28 bits per heavy atom. The SMILES string of the molecule is CCCC(CCC)C(N)(CCCC[B]O)C(=O)O. The molecule has 1 atom stereocenters. The minimum atomic E-state index is -1.11. The second-order valence-electron chi connectivity index (χ2n) is 5.05. The highest BCUT2D eigenvalue weighted by atomic mass is 16.4. The Labute approximate surface area is 111 Å². The molecule has 0 aliphatic heterocycles. The number of carbonyl (C=O) groups is 1. The predicted molar refractivity (Wildman–Crippen MR) is 74.5 cm³/mol. The Bertz CT molecular complexity index is 232. The number of unbranched alkanes of at least 4 members (excludes halogenated alkanes) is 1. The molecule has 0 aliphatic carbocycles. The van der Waals surface area contributed by atoms with Crippen molar-refractivity contribution in [3.05, 3.63) is 0 Å². The van der Waals surface area contributed by atoms with Crippen molar-refractivity contribution < 1.29 is 14.9 Å². The van der Waals surface area contributed by atoms with E-state index in [4.69, 9.17) is 10.8 Å². The monoisotopic (exact) mass is 256 g/mol. The third-order valence-corrected chi connectivity index (χ3v) is 3.57. The number of hydrogen-bond donors (Lipinski definition) is 3. The normalized spacial score (nSPS) is 14.5. The van der Waals surface area contributed by atoms with E-state index in [0.717, 1.165) is 46.0 Å². The van der Waals surface area contributed by atoms with Gasteiger partial charge in [-0.25, -0.2) is 0 Å². The highest BCUT2D eigenvalue weighted by Crippen LogP contribution is 2.30. The van der Waals surface area contributed by atoms with Gasteiger partial charge in [0.15, 0.2) is 0 Å². The molecule has 0 saturated carbocycles. The van der Waals surface area contributed by atoms with Crippen LogP contribution in [0.15, 0.2) is 0 Å². The first-order chi connectivity index (χ1) is 8.52. The van der Waals surface area contributed by atoms with Gasteiger partial charge in [-0.05, 0) is 25.2 Å². The van der Waals surface area contributed by atoms with Crippen LogP contribution in [0, 0.1) is 5.92 Å². The van der Waals surface area contributed by atoms with Gasteiger partial charge in [0.1, 0.15) is 5.54 Å². The van der Waals surface area contributed by atoms with Crippen LogP contribution in [0.5, 0.6) is 0 Å². The van der Waals surface area contributed by atoms with Crippen molar-refractivity contribution in [2.45, 2.75) is 70.7 Å². The number of carboxylic acid groups (broad SMARTS) is 1. The van der Waals surface area contributed by atoms with Gasteiger partial charge >= 0.3 is 5.97 Å². The summed E-state index contributed by atoms with van der Waals surface area (Å²) < 4.78 is 0. The third kappa shape index (κ3) is 5.40. The average molecular weight is 256 g/mol. The molecule has 0 bridgehead atoms. The lowest BCUT2D eigenvalue weighted by Crippen LogP contribution is -2.54. The van der Waals surface area contributed by atoms with Gasteiger partial charge in [-0.1, -0.05) is 45.9 Å². The fourth-order valence-electron chi connectivity index (χ4n) is 2.50. The molecule has 0 amide bonds. The lowest BCUT2D eigenvalue weighted by molar-refractivity contribution is -0.146. The molecule has 0 aromatic heterocycles. The third-order valence-electron chi connectivity index (χ3n) is 3.57. The molecule has 5 heteroatoms. The van der Waals surface area contributed by atoms with Gasteiger partial charge in [0.25, 0.3) is 7.48 Å². The zero-order valence-electron chi connectivity index (χ0n) is 11.7. The molecular formula is C13H27BNO3. The Morgan fingerprint density at radius 3 is 2.22 bits per heavy atom. The fourth-order valence-corrected chi connectivity index (χ4v) is 2.50. The molecule has 0 aromatic rings. The van der Waals surface area contributed by atoms with Gasteiger partial charge in [0, 0.05) is 0 Å². The molecule has 18 heavy (non-hydrogen) atoms. The van der Waals surface area contributed by atoms with Gasteiger partial charge in [-0.15, -0.1) is 0 Å². The maximum absolute atomic E-state index is 11.5. The molecule has 0 rings (SSSR count). The van der Waals surface area contributed by atoms with Crippen molar-refractivity contribution >= 4 is 13.5 Å². The predicted octanol–water partition coefficient (Wildman–Crippen LogP) is 2.19. The first kappa shape index (κ1) is 17.5. The smallest absolute Gasteiger partial charge is 0.323 e. The quantitative estimate of drug-likeness (QED) is 0.391. The summed E-state index contributed by atoms with van der Waals surface area (Å²) in [5.41, 5.74) is 5.06. The summed E-state index contributed by atoms with van der Waals surface area (Å²) in [5, 5.41) is 18.0. The number of nitrogens with two attached hydrogens (primary N) is 1. The minimum absolute atomic E-state index is 0.0445. The van der Waals surface area contributed by atoms with Gasteiger partial charge in [-0.3, -0.25) is 4.79 Å². The van der Waals surface area contributed by atoms with Crippen LogP contribution < -0.4 is 5.73 Å². The van der Waals surface area contributed by atoms with Crippen LogP contribution in [0.2, 0.25) is 6.32 Å². The summed E-state index contributed by atoms with van der Waals surface area (Å²) in [5.74, 6) is -0.842. The van der Waals surface area contributed by atoms with Crippen molar-refractivity contribution in [2.24, 2.45) is 11.7 Å². The van der Waals surface area contributed by atoms with E-state index in [-0.39, 0.29) is 5.92 Å². The summed E-state index contributed by atoms with van der Waals surface area (Å²) in [6.07, 6.45) is 6.26. The molecule has 0 saturated heterocycles. The molecule has 1 unspecified atom stereocenters. The van der Waals surface area contributed by atoms with Crippen molar-refractivity contribution in [2.75, 3.05) is 0 Å². The molecule has 1 radical (unpaired) electrons. The maximum atomic E-state index is 11.5. The lowest BCUT2D eigenvalue weighted by atomic mass is 9.75. The number of rotatable bonds is 11. The van der Waals surface area contributed by atoms with Gasteiger partial charge in [0.05, 0.1) is 0 Å². The largest absolute Gasteiger partial charge is 0.480 e. The van der Waals surface area contributed by atoms with E-state index in [0.29, 0.717) is 12.7 Å². The second-order valence-corrected chi connectivity index (χ2v) is 5.05. The van der Waals surface area contributed by atoms with Crippen LogP contribution >= 0.6 is 0 Å². The molecule has 4 nitrogen and oxygen atoms in total. The van der Waals surface area contributed by atoms with E-state index < -0.39 is 11.5 Å². The molecule has 0 spiro atoms. The first-order valence-corrected chi connectivity index (χ1v) is 7.01. The Morgan fingerprint density at radius 2 is 1.83 bits per heavy atom. The van der Waals surface area contributed by atoms with E-state index in [1.807, 2.05) is 0 Å². The van der Waals surface area contributed by atoms with E-state index in [1.54, 1.807) is 0 Å². The maximum Gasteiger partial charge on any atom is 0.323 e. The Balaban J connectivity index is 4.58. The van der Waals surface area contributed by atoms with Crippen molar-refractivity contribution in [1.82, 2.24) is 0 Å². The first-order valence-electron chi connectivity index (χ1n) is 7.01. The van der Waals surface area contributed by atoms with E-state index in [2.05, 4.69) is 13.8 Å². The molecule has 0 aliphatic rings. The van der Waals surface area contributed by atoms with E-state index in [9.17, 15) is 9.90 Å². The molecule has 4 N–H and O–H groups in total. The van der Waals surface area contributed by atoms with Gasteiger partial charge in [-0.2, -0.15) is 0 Å². The van der Waals surface area contributed by atoms with Gasteiger partial charge in [0.2, 0.25) is 0 Å². The molecule has 0 fully saturated rings. The zero-order valence-corrected chi connectivity index (χ0v) is 11.7. The number of carboxylic acids is 1. The Kier molecular flexibility index (Phi) is 9.11. The number of hydrogen-bond acceptors (Lipinski definition) is 3. The van der Waals surface area contributed by atoms with E-state index in [1.165, 1.54) is 0 Å². The summed E-state index contributed by atoms with van der Waals surface area (Å²) >= 11 is 0. The number of aliphatic carboxylic acids is 1. The highest BCUT2D eigenvalue weighted by molar-refractivity contribution is 6.25.